The quantitative estimate of drug-likeness (QED) is 0.723. The van der Waals surface area contributed by atoms with Gasteiger partial charge in [0.2, 0.25) is 0 Å². The highest BCUT2D eigenvalue weighted by Gasteiger charge is 2.15. The zero-order chi connectivity index (χ0) is 12.5. The number of aromatic hydroxyl groups is 1. The average molecular weight is 240 g/mol. The lowest BCUT2D eigenvalue weighted by atomic mass is 10.1. The zero-order valence-corrected chi connectivity index (χ0v) is 9.58. The number of hydrogen-bond acceptors (Lipinski definition) is 3. The normalized spacial score (nSPS) is 12.7. The molecule has 3 rings (SSSR count). The van der Waals surface area contributed by atoms with Crippen LogP contribution < -0.4 is 0 Å². The topological polar surface area (TPSA) is 53.6 Å². The van der Waals surface area contributed by atoms with E-state index in [-0.39, 0.29) is 5.75 Å². The van der Waals surface area contributed by atoms with Crippen molar-refractivity contribution in [1.82, 2.24) is 0 Å². The maximum absolute atomic E-state index is 10.2. The van der Waals surface area contributed by atoms with Gasteiger partial charge in [0.05, 0.1) is 0 Å². The van der Waals surface area contributed by atoms with Crippen molar-refractivity contribution in [3.8, 4) is 5.75 Å². The molecule has 0 unspecified atom stereocenters. The Morgan fingerprint density at radius 2 is 1.67 bits per heavy atom. The lowest BCUT2D eigenvalue weighted by Crippen LogP contribution is -1.96. The van der Waals surface area contributed by atoms with Gasteiger partial charge in [-0.2, -0.15) is 0 Å². The number of aliphatic hydroxyl groups is 1. The summed E-state index contributed by atoms with van der Waals surface area (Å²) >= 11 is 0. The maximum atomic E-state index is 10.2. The van der Waals surface area contributed by atoms with Crippen LogP contribution in [0, 0.1) is 0 Å². The average Bonchev–Trinajstić information content (AvgIpc) is 2.82. The number of phenolic OH excluding ortho intramolecular Hbond substituents is 1. The van der Waals surface area contributed by atoms with Gasteiger partial charge in [0.15, 0.2) is 0 Å². The van der Waals surface area contributed by atoms with Crippen molar-refractivity contribution >= 4 is 11.0 Å². The van der Waals surface area contributed by atoms with E-state index in [9.17, 15) is 10.2 Å². The Morgan fingerprint density at radius 1 is 0.944 bits per heavy atom. The second-order valence-electron chi connectivity index (χ2n) is 4.18. The molecule has 3 aromatic rings. The van der Waals surface area contributed by atoms with Gasteiger partial charge in [-0.1, -0.05) is 30.3 Å². The van der Waals surface area contributed by atoms with E-state index >= 15 is 0 Å². The van der Waals surface area contributed by atoms with Gasteiger partial charge in [-0.15, -0.1) is 0 Å². The summed E-state index contributed by atoms with van der Waals surface area (Å²) in [7, 11) is 0. The summed E-state index contributed by atoms with van der Waals surface area (Å²) in [6.07, 6.45) is -0.821. The van der Waals surface area contributed by atoms with Gasteiger partial charge in [0.1, 0.15) is 23.2 Å². The minimum atomic E-state index is -0.821. The van der Waals surface area contributed by atoms with E-state index in [1.54, 1.807) is 24.3 Å². The van der Waals surface area contributed by atoms with Crippen molar-refractivity contribution in [2.45, 2.75) is 6.10 Å². The van der Waals surface area contributed by atoms with Crippen molar-refractivity contribution in [3.05, 3.63) is 65.9 Å². The molecule has 3 heteroatoms. The van der Waals surface area contributed by atoms with Gasteiger partial charge in [-0.25, -0.2) is 0 Å². The molecule has 90 valence electrons. The van der Waals surface area contributed by atoms with Crippen LogP contribution in [-0.2, 0) is 0 Å². The number of hydrogen-bond donors (Lipinski definition) is 2. The van der Waals surface area contributed by atoms with Crippen LogP contribution in [0.15, 0.2) is 59.0 Å². The van der Waals surface area contributed by atoms with E-state index in [2.05, 4.69) is 0 Å². The van der Waals surface area contributed by atoms with Crippen LogP contribution in [0.5, 0.6) is 5.75 Å². The summed E-state index contributed by atoms with van der Waals surface area (Å²) in [5, 5.41) is 20.4. The van der Waals surface area contributed by atoms with E-state index in [1.807, 2.05) is 30.3 Å². The molecule has 3 nitrogen and oxygen atoms in total. The number of furan rings is 1. The fourth-order valence-corrected chi connectivity index (χ4v) is 1.96. The van der Waals surface area contributed by atoms with Crippen molar-refractivity contribution < 1.29 is 14.6 Å². The first kappa shape index (κ1) is 10.9. The standard InChI is InChI=1S/C15H12O3/c16-12-7-5-10(6-8-12)15(17)14-9-11-3-1-2-4-13(11)18-14/h1-9,15-17H/t15-/m1/s1. The number of fused-ring (bicyclic) bond motifs is 1. The Labute approximate surface area is 104 Å². The number of rotatable bonds is 2. The van der Waals surface area contributed by atoms with Crippen molar-refractivity contribution in [2.75, 3.05) is 0 Å². The Morgan fingerprint density at radius 3 is 2.39 bits per heavy atom. The molecule has 0 saturated carbocycles. The number of aliphatic hydroxyl groups excluding tert-OH is 1. The lowest BCUT2D eigenvalue weighted by molar-refractivity contribution is 0.192. The highest BCUT2D eigenvalue weighted by Crippen LogP contribution is 2.28. The molecule has 1 aromatic heterocycles. The van der Waals surface area contributed by atoms with Crippen LogP contribution in [0.1, 0.15) is 17.4 Å². The lowest BCUT2D eigenvalue weighted by Gasteiger charge is -2.07. The van der Waals surface area contributed by atoms with Crippen LogP contribution in [0.3, 0.4) is 0 Å². The third-order valence-corrected chi connectivity index (χ3v) is 2.92. The molecular weight excluding hydrogens is 228 g/mol. The van der Waals surface area contributed by atoms with E-state index in [0.717, 1.165) is 11.0 Å². The molecule has 0 spiro atoms. The third-order valence-electron chi connectivity index (χ3n) is 2.92. The van der Waals surface area contributed by atoms with Gasteiger partial charge in [-0.05, 0) is 29.8 Å². The monoisotopic (exact) mass is 240 g/mol. The van der Waals surface area contributed by atoms with E-state index in [4.69, 9.17) is 4.42 Å². The second kappa shape index (κ2) is 4.20. The van der Waals surface area contributed by atoms with Crippen LogP contribution in [0.4, 0.5) is 0 Å². The molecule has 0 radical (unpaired) electrons. The zero-order valence-electron chi connectivity index (χ0n) is 9.58. The van der Waals surface area contributed by atoms with Gasteiger partial charge < -0.3 is 14.6 Å². The first-order chi connectivity index (χ1) is 8.74. The van der Waals surface area contributed by atoms with Crippen molar-refractivity contribution in [3.63, 3.8) is 0 Å². The highest BCUT2D eigenvalue weighted by atomic mass is 16.4. The number of benzene rings is 2. The van der Waals surface area contributed by atoms with Crippen LogP contribution in [0.25, 0.3) is 11.0 Å². The molecule has 2 aromatic carbocycles. The molecule has 0 aliphatic rings. The molecule has 0 fully saturated rings. The molecule has 0 aliphatic carbocycles. The Kier molecular flexibility index (Phi) is 2.54. The largest absolute Gasteiger partial charge is 0.508 e. The van der Waals surface area contributed by atoms with Gasteiger partial charge in [-0.3, -0.25) is 0 Å². The van der Waals surface area contributed by atoms with Crippen molar-refractivity contribution in [2.24, 2.45) is 0 Å². The molecule has 18 heavy (non-hydrogen) atoms. The van der Waals surface area contributed by atoms with Crippen molar-refractivity contribution in [1.29, 1.82) is 0 Å². The van der Waals surface area contributed by atoms with E-state index in [1.165, 1.54) is 0 Å². The Balaban J connectivity index is 2.00. The predicted octanol–water partition coefficient (Wildman–Crippen LogP) is 3.22. The second-order valence-corrected chi connectivity index (χ2v) is 4.18. The molecule has 0 bridgehead atoms. The number of para-hydroxylation sites is 1. The predicted molar refractivity (Wildman–Crippen MR) is 68.4 cm³/mol. The Hall–Kier alpha value is -2.26. The van der Waals surface area contributed by atoms with Crippen LogP contribution in [-0.4, -0.2) is 10.2 Å². The van der Waals surface area contributed by atoms with E-state index in [0.29, 0.717) is 11.3 Å². The fourth-order valence-electron chi connectivity index (χ4n) is 1.96. The first-order valence-electron chi connectivity index (χ1n) is 5.69. The minimum absolute atomic E-state index is 0.176. The molecule has 1 atom stereocenters. The minimum Gasteiger partial charge on any atom is -0.508 e. The molecule has 0 saturated heterocycles. The summed E-state index contributed by atoms with van der Waals surface area (Å²) < 4.78 is 5.60. The van der Waals surface area contributed by atoms with Crippen LogP contribution >= 0.6 is 0 Å². The summed E-state index contributed by atoms with van der Waals surface area (Å²) in [5.41, 5.74) is 1.44. The fraction of sp³-hybridized carbons (Fsp3) is 0.0667. The summed E-state index contributed by atoms with van der Waals surface area (Å²) in [4.78, 5) is 0. The Bertz CT molecular complexity index is 635. The smallest absolute Gasteiger partial charge is 0.138 e. The molecule has 0 amide bonds. The summed E-state index contributed by atoms with van der Waals surface area (Å²) in [6.45, 7) is 0. The van der Waals surface area contributed by atoms with Gasteiger partial charge in [0, 0.05) is 5.39 Å². The molecule has 1 heterocycles. The molecular formula is C15H12O3. The molecule has 2 N–H and O–H groups in total. The SMILES string of the molecule is Oc1ccc([C@@H](O)c2cc3ccccc3o2)cc1. The number of phenols is 1. The first-order valence-corrected chi connectivity index (χ1v) is 5.69. The van der Waals surface area contributed by atoms with E-state index < -0.39 is 6.10 Å². The summed E-state index contributed by atoms with van der Waals surface area (Å²) in [5.74, 6) is 0.678. The summed E-state index contributed by atoms with van der Waals surface area (Å²) in [6, 6.07) is 15.9. The third kappa shape index (κ3) is 1.85. The van der Waals surface area contributed by atoms with Gasteiger partial charge >= 0.3 is 0 Å². The maximum Gasteiger partial charge on any atom is 0.138 e. The van der Waals surface area contributed by atoms with Gasteiger partial charge in [0.25, 0.3) is 0 Å². The van der Waals surface area contributed by atoms with Crippen LogP contribution in [0.2, 0.25) is 0 Å². The molecule has 0 aliphatic heterocycles. The highest BCUT2D eigenvalue weighted by molar-refractivity contribution is 5.77.